The van der Waals surface area contributed by atoms with E-state index in [0.29, 0.717) is 34.9 Å². The average molecular weight is 261 g/mol. The fraction of sp³-hybridized carbons (Fsp3) is 0.333. The van der Waals surface area contributed by atoms with Gasteiger partial charge in [0.05, 0.1) is 7.11 Å². The molecule has 0 unspecified atom stereocenters. The number of phenolic OH excluding ortho intramolecular Hbond substituents is 1. The highest BCUT2D eigenvalue weighted by atomic mass is 79.9. The molecule has 0 fully saturated rings. The second-order valence-corrected chi connectivity index (χ2v) is 3.56. The Hall–Kier alpha value is -1.10. The fourth-order valence-corrected chi connectivity index (χ4v) is 1.77. The third-order valence-electron chi connectivity index (χ3n) is 1.93. The van der Waals surface area contributed by atoms with E-state index in [0.717, 1.165) is 0 Å². The van der Waals surface area contributed by atoms with Crippen molar-refractivity contribution >= 4 is 15.9 Å². The molecule has 1 aliphatic heterocycles. The van der Waals surface area contributed by atoms with E-state index in [1.807, 2.05) is 0 Å². The van der Waals surface area contributed by atoms with Gasteiger partial charge in [-0.05, 0) is 15.9 Å². The van der Waals surface area contributed by atoms with Gasteiger partial charge in [0.2, 0.25) is 0 Å². The molecule has 0 aliphatic carbocycles. The monoisotopic (exact) mass is 260 g/mol. The van der Waals surface area contributed by atoms with E-state index in [4.69, 9.17) is 14.2 Å². The molecule has 0 atom stereocenters. The maximum Gasteiger partial charge on any atom is 0.179 e. The van der Waals surface area contributed by atoms with Crippen molar-refractivity contribution in [2.75, 3.05) is 20.3 Å². The lowest BCUT2D eigenvalue weighted by Gasteiger charge is -2.20. The van der Waals surface area contributed by atoms with E-state index in [9.17, 15) is 5.11 Å². The van der Waals surface area contributed by atoms with Crippen molar-refractivity contribution in [3.63, 3.8) is 0 Å². The first kappa shape index (κ1) is 9.45. The van der Waals surface area contributed by atoms with Crippen molar-refractivity contribution in [2.45, 2.75) is 0 Å². The number of fused-ring (bicyclic) bond motifs is 1. The second kappa shape index (κ2) is 3.57. The summed E-state index contributed by atoms with van der Waals surface area (Å²) in [5, 5.41) is 9.65. The largest absolute Gasteiger partial charge is 0.503 e. The summed E-state index contributed by atoms with van der Waals surface area (Å²) in [6, 6.07) is 1.61. The predicted molar refractivity (Wildman–Crippen MR) is 53.3 cm³/mol. The summed E-state index contributed by atoms with van der Waals surface area (Å²) in [5.74, 6) is 1.49. The van der Waals surface area contributed by atoms with Gasteiger partial charge >= 0.3 is 0 Å². The predicted octanol–water partition coefficient (Wildman–Crippen LogP) is 1.93. The molecule has 0 saturated heterocycles. The number of phenols is 1. The van der Waals surface area contributed by atoms with Crippen molar-refractivity contribution in [2.24, 2.45) is 0 Å². The quantitative estimate of drug-likeness (QED) is 0.839. The van der Waals surface area contributed by atoms with Gasteiger partial charge in [-0.3, -0.25) is 0 Å². The first-order valence-electron chi connectivity index (χ1n) is 4.09. The normalized spacial score (nSPS) is 13.9. The van der Waals surface area contributed by atoms with E-state index < -0.39 is 0 Å². The Kier molecular flexibility index (Phi) is 2.41. The van der Waals surface area contributed by atoms with Crippen LogP contribution >= 0.6 is 15.9 Å². The molecule has 1 aromatic rings. The van der Waals surface area contributed by atoms with Crippen molar-refractivity contribution in [1.29, 1.82) is 0 Å². The summed E-state index contributed by atoms with van der Waals surface area (Å²) in [5.41, 5.74) is 0. The van der Waals surface area contributed by atoms with E-state index in [2.05, 4.69) is 15.9 Å². The van der Waals surface area contributed by atoms with E-state index in [1.165, 1.54) is 7.11 Å². The van der Waals surface area contributed by atoms with Crippen LogP contribution in [-0.4, -0.2) is 25.4 Å². The third-order valence-corrected chi connectivity index (χ3v) is 2.67. The zero-order valence-corrected chi connectivity index (χ0v) is 9.13. The lowest BCUT2D eigenvalue weighted by molar-refractivity contribution is 0.168. The summed E-state index contributed by atoms with van der Waals surface area (Å²) < 4.78 is 16.1. The zero-order chi connectivity index (χ0) is 10.1. The summed E-state index contributed by atoms with van der Waals surface area (Å²) >= 11 is 3.22. The molecule has 0 radical (unpaired) electrons. The molecule has 0 spiro atoms. The minimum atomic E-state index is 0.0248. The van der Waals surface area contributed by atoms with Crippen LogP contribution in [0.2, 0.25) is 0 Å². The molecule has 1 N–H and O–H groups in total. The Balaban J connectivity index is 2.57. The Bertz CT molecular complexity index is 364. The van der Waals surface area contributed by atoms with Crippen LogP contribution in [0.1, 0.15) is 0 Å². The Morgan fingerprint density at radius 3 is 2.86 bits per heavy atom. The van der Waals surface area contributed by atoms with Crippen molar-refractivity contribution in [3.8, 4) is 23.0 Å². The van der Waals surface area contributed by atoms with Crippen molar-refractivity contribution in [1.82, 2.24) is 0 Å². The molecule has 14 heavy (non-hydrogen) atoms. The SMILES string of the molecule is COc1cc2c(c(Br)c1O)OCCO2. The van der Waals surface area contributed by atoms with Crippen LogP contribution in [0, 0.1) is 0 Å². The number of methoxy groups -OCH3 is 1. The highest BCUT2D eigenvalue weighted by Gasteiger charge is 2.21. The van der Waals surface area contributed by atoms with Gasteiger partial charge in [0.15, 0.2) is 23.0 Å². The number of hydrogen-bond acceptors (Lipinski definition) is 4. The molecule has 1 heterocycles. The molecule has 5 heteroatoms. The number of rotatable bonds is 1. The summed E-state index contributed by atoms with van der Waals surface area (Å²) in [7, 11) is 1.48. The van der Waals surface area contributed by atoms with Crippen molar-refractivity contribution < 1.29 is 19.3 Å². The standard InChI is InChI=1S/C9H9BrO4/c1-12-5-4-6-9(7(10)8(5)11)14-3-2-13-6/h4,11H,2-3H2,1H3. The van der Waals surface area contributed by atoms with Crippen LogP contribution in [0.4, 0.5) is 0 Å². The molecule has 0 saturated carbocycles. The van der Waals surface area contributed by atoms with Crippen LogP contribution in [0.25, 0.3) is 0 Å². The fourth-order valence-electron chi connectivity index (χ4n) is 1.27. The Labute approximate surface area is 89.5 Å². The van der Waals surface area contributed by atoms with E-state index >= 15 is 0 Å². The number of halogens is 1. The number of benzene rings is 1. The first-order valence-corrected chi connectivity index (χ1v) is 4.88. The molecule has 4 nitrogen and oxygen atoms in total. The number of ether oxygens (including phenoxy) is 3. The topological polar surface area (TPSA) is 47.9 Å². The van der Waals surface area contributed by atoms with E-state index in [1.54, 1.807) is 6.07 Å². The van der Waals surface area contributed by atoms with Gasteiger partial charge in [-0.2, -0.15) is 0 Å². The number of aromatic hydroxyl groups is 1. The zero-order valence-electron chi connectivity index (χ0n) is 7.54. The van der Waals surface area contributed by atoms with Gasteiger partial charge in [-0.15, -0.1) is 0 Å². The molecular weight excluding hydrogens is 252 g/mol. The summed E-state index contributed by atoms with van der Waals surface area (Å²) in [6.07, 6.45) is 0. The van der Waals surface area contributed by atoms with Crippen LogP contribution in [0.3, 0.4) is 0 Å². The van der Waals surface area contributed by atoms with Gasteiger partial charge in [0.25, 0.3) is 0 Å². The van der Waals surface area contributed by atoms with Crippen molar-refractivity contribution in [3.05, 3.63) is 10.5 Å². The lowest BCUT2D eigenvalue weighted by Crippen LogP contribution is -2.15. The average Bonchev–Trinajstić information content (AvgIpc) is 2.23. The molecular formula is C9H9BrO4. The van der Waals surface area contributed by atoms with E-state index in [-0.39, 0.29) is 5.75 Å². The van der Waals surface area contributed by atoms with Gasteiger partial charge in [0, 0.05) is 6.07 Å². The smallest absolute Gasteiger partial charge is 0.179 e. The highest BCUT2D eigenvalue weighted by Crippen LogP contribution is 2.48. The summed E-state index contributed by atoms with van der Waals surface area (Å²) in [6.45, 7) is 0.991. The highest BCUT2D eigenvalue weighted by molar-refractivity contribution is 9.10. The Morgan fingerprint density at radius 2 is 2.14 bits per heavy atom. The molecule has 1 aliphatic rings. The maximum absolute atomic E-state index is 9.65. The van der Waals surface area contributed by atoms with Gasteiger partial charge in [0.1, 0.15) is 17.7 Å². The van der Waals surface area contributed by atoms with Gasteiger partial charge in [-0.1, -0.05) is 0 Å². The lowest BCUT2D eigenvalue weighted by atomic mass is 10.2. The molecule has 0 bridgehead atoms. The molecule has 0 aromatic heterocycles. The van der Waals surface area contributed by atoms with Crippen LogP contribution in [0.15, 0.2) is 10.5 Å². The number of hydrogen-bond donors (Lipinski definition) is 1. The van der Waals surface area contributed by atoms with Gasteiger partial charge in [-0.25, -0.2) is 0 Å². The first-order chi connectivity index (χ1) is 6.74. The third kappa shape index (κ3) is 1.37. The van der Waals surface area contributed by atoms with Crippen LogP contribution in [-0.2, 0) is 0 Å². The minimum Gasteiger partial charge on any atom is -0.503 e. The molecule has 76 valence electrons. The van der Waals surface area contributed by atoms with Crippen LogP contribution in [0.5, 0.6) is 23.0 Å². The molecule has 1 aromatic carbocycles. The molecule has 0 amide bonds. The maximum atomic E-state index is 9.65. The molecule has 2 rings (SSSR count). The minimum absolute atomic E-state index is 0.0248. The van der Waals surface area contributed by atoms with Crippen LogP contribution < -0.4 is 14.2 Å². The summed E-state index contributed by atoms with van der Waals surface area (Å²) in [4.78, 5) is 0. The second-order valence-electron chi connectivity index (χ2n) is 2.77. The van der Waals surface area contributed by atoms with Gasteiger partial charge < -0.3 is 19.3 Å². The Morgan fingerprint density at radius 1 is 1.43 bits per heavy atom.